The fourth-order valence-corrected chi connectivity index (χ4v) is 5.55. The third-order valence-electron chi connectivity index (χ3n) is 6.29. The fourth-order valence-electron chi connectivity index (χ4n) is 4.52. The highest BCUT2D eigenvalue weighted by atomic mass is 32.1. The van der Waals surface area contributed by atoms with E-state index in [9.17, 15) is 4.79 Å². The highest BCUT2D eigenvalue weighted by Gasteiger charge is 2.20. The molecule has 1 fully saturated rings. The van der Waals surface area contributed by atoms with Crippen molar-refractivity contribution in [3.63, 3.8) is 0 Å². The number of benzene rings is 3. The van der Waals surface area contributed by atoms with Crippen molar-refractivity contribution in [3.8, 4) is 5.75 Å². The number of carbonyl (C=O) groups is 1. The molecule has 0 bridgehead atoms. The van der Waals surface area contributed by atoms with Crippen LogP contribution in [0.2, 0.25) is 0 Å². The van der Waals surface area contributed by atoms with E-state index in [1.54, 1.807) is 11.3 Å². The van der Waals surface area contributed by atoms with E-state index >= 15 is 0 Å². The molecule has 3 aromatic carbocycles. The van der Waals surface area contributed by atoms with Crippen molar-refractivity contribution in [2.24, 2.45) is 0 Å². The highest BCUT2D eigenvalue weighted by molar-refractivity contribution is 7.22. The van der Waals surface area contributed by atoms with Gasteiger partial charge >= 0.3 is 0 Å². The molecule has 0 unspecified atom stereocenters. The first kappa shape index (κ1) is 22.6. The Balaban J connectivity index is 1.10. The van der Waals surface area contributed by atoms with E-state index in [2.05, 4.69) is 39.4 Å². The SMILES string of the molecule is CCOc1cccc2sc(N3CCN(CCNC(=O)Cc4cccc5ccccc45)CC3)nc12. The third-order valence-corrected chi connectivity index (χ3v) is 7.38. The average molecular weight is 475 g/mol. The summed E-state index contributed by atoms with van der Waals surface area (Å²) in [6, 6.07) is 20.5. The summed E-state index contributed by atoms with van der Waals surface area (Å²) in [5, 5.41) is 6.49. The average Bonchev–Trinajstić information content (AvgIpc) is 3.30. The van der Waals surface area contributed by atoms with Gasteiger partial charge in [-0.05, 0) is 35.4 Å². The number of fused-ring (bicyclic) bond motifs is 2. The summed E-state index contributed by atoms with van der Waals surface area (Å²) < 4.78 is 6.91. The van der Waals surface area contributed by atoms with E-state index < -0.39 is 0 Å². The van der Waals surface area contributed by atoms with Crippen molar-refractivity contribution >= 4 is 43.4 Å². The number of ether oxygens (including phenoxy) is 1. The summed E-state index contributed by atoms with van der Waals surface area (Å²) >= 11 is 1.73. The molecular weight excluding hydrogens is 444 g/mol. The molecule has 2 heterocycles. The number of hydrogen-bond donors (Lipinski definition) is 1. The van der Waals surface area contributed by atoms with Gasteiger partial charge in [0.25, 0.3) is 0 Å². The van der Waals surface area contributed by atoms with Gasteiger partial charge in [0.15, 0.2) is 5.13 Å². The fraction of sp³-hybridized carbons (Fsp3) is 0.333. The van der Waals surface area contributed by atoms with Gasteiger partial charge in [-0.3, -0.25) is 9.69 Å². The Morgan fingerprint density at radius 2 is 1.82 bits per heavy atom. The Bertz CT molecular complexity index is 1270. The Morgan fingerprint density at radius 1 is 1.03 bits per heavy atom. The molecule has 4 aromatic rings. The third kappa shape index (κ3) is 5.00. The minimum Gasteiger partial charge on any atom is -0.492 e. The van der Waals surface area contributed by atoms with Gasteiger partial charge in [-0.25, -0.2) is 4.98 Å². The van der Waals surface area contributed by atoms with Crippen LogP contribution in [0.25, 0.3) is 21.0 Å². The van der Waals surface area contributed by atoms with Gasteiger partial charge in [-0.15, -0.1) is 0 Å². The van der Waals surface area contributed by atoms with Crippen LogP contribution < -0.4 is 15.0 Å². The number of piperazine rings is 1. The maximum absolute atomic E-state index is 12.5. The number of amides is 1. The van der Waals surface area contributed by atoms with Gasteiger partial charge in [0.1, 0.15) is 11.3 Å². The van der Waals surface area contributed by atoms with Crippen molar-refractivity contribution in [3.05, 3.63) is 66.2 Å². The Labute approximate surface area is 204 Å². The smallest absolute Gasteiger partial charge is 0.224 e. The molecule has 1 amide bonds. The minimum absolute atomic E-state index is 0.0783. The maximum atomic E-state index is 12.5. The molecule has 0 atom stereocenters. The number of nitrogens with one attached hydrogen (secondary N) is 1. The van der Waals surface area contributed by atoms with Crippen molar-refractivity contribution in [1.82, 2.24) is 15.2 Å². The summed E-state index contributed by atoms with van der Waals surface area (Å²) in [6.07, 6.45) is 0.413. The lowest BCUT2D eigenvalue weighted by molar-refractivity contribution is -0.120. The standard InChI is InChI=1S/C27H30N4O2S/c1-2-33-23-11-6-12-24-26(23)29-27(34-24)31-17-15-30(16-18-31)14-13-28-25(32)19-21-9-5-8-20-7-3-4-10-22(20)21/h3-12H,2,13-19H2,1H3,(H,28,32). The summed E-state index contributed by atoms with van der Waals surface area (Å²) in [6.45, 7) is 7.98. The van der Waals surface area contributed by atoms with Crippen LogP contribution in [0.5, 0.6) is 5.75 Å². The molecule has 5 rings (SSSR count). The zero-order valence-corrected chi connectivity index (χ0v) is 20.3. The van der Waals surface area contributed by atoms with Crippen molar-refractivity contribution < 1.29 is 9.53 Å². The van der Waals surface area contributed by atoms with Gasteiger partial charge in [-0.2, -0.15) is 0 Å². The quantitative estimate of drug-likeness (QED) is 0.412. The minimum atomic E-state index is 0.0783. The topological polar surface area (TPSA) is 57.7 Å². The first-order valence-electron chi connectivity index (χ1n) is 11.9. The summed E-state index contributed by atoms with van der Waals surface area (Å²) in [5.74, 6) is 0.940. The molecule has 0 spiro atoms. The van der Waals surface area contributed by atoms with Crippen molar-refractivity contribution in [2.45, 2.75) is 13.3 Å². The second-order valence-electron chi connectivity index (χ2n) is 8.53. The molecule has 1 aliphatic heterocycles. The highest BCUT2D eigenvalue weighted by Crippen LogP contribution is 2.34. The largest absolute Gasteiger partial charge is 0.492 e. The van der Waals surface area contributed by atoms with E-state index in [1.165, 1.54) is 5.39 Å². The number of anilines is 1. The number of para-hydroxylation sites is 1. The molecule has 1 aliphatic rings. The van der Waals surface area contributed by atoms with Gasteiger partial charge < -0.3 is 15.0 Å². The molecule has 176 valence electrons. The first-order chi connectivity index (χ1) is 16.7. The lowest BCUT2D eigenvalue weighted by Gasteiger charge is -2.34. The van der Waals surface area contributed by atoms with E-state index in [0.717, 1.165) is 64.8 Å². The lowest BCUT2D eigenvalue weighted by Crippen LogP contribution is -2.48. The number of thiazole rings is 1. The van der Waals surface area contributed by atoms with Crippen molar-refractivity contribution in [1.29, 1.82) is 0 Å². The molecule has 6 nitrogen and oxygen atoms in total. The molecule has 34 heavy (non-hydrogen) atoms. The summed E-state index contributed by atoms with van der Waals surface area (Å²) in [7, 11) is 0. The predicted octanol–water partition coefficient (Wildman–Crippen LogP) is 4.33. The van der Waals surface area contributed by atoms with Crippen LogP contribution in [-0.4, -0.2) is 61.7 Å². The Morgan fingerprint density at radius 3 is 2.68 bits per heavy atom. The number of carbonyl (C=O) groups excluding carboxylic acids is 1. The van der Waals surface area contributed by atoms with E-state index in [0.29, 0.717) is 19.6 Å². The summed E-state index contributed by atoms with van der Waals surface area (Å²) in [5.41, 5.74) is 2.04. The number of hydrogen-bond acceptors (Lipinski definition) is 6. The molecule has 1 N–H and O–H groups in total. The van der Waals surface area contributed by atoms with Crippen LogP contribution >= 0.6 is 11.3 Å². The molecule has 0 saturated carbocycles. The summed E-state index contributed by atoms with van der Waals surface area (Å²) in [4.78, 5) is 22.2. The molecule has 1 aromatic heterocycles. The first-order valence-corrected chi connectivity index (χ1v) is 12.8. The van der Waals surface area contributed by atoms with Crippen LogP contribution in [0.3, 0.4) is 0 Å². The van der Waals surface area contributed by atoms with Gasteiger partial charge in [0, 0.05) is 39.3 Å². The monoisotopic (exact) mass is 474 g/mol. The molecule has 1 saturated heterocycles. The zero-order chi connectivity index (χ0) is 23.3. The predicted molar refractivity (Wildman–Crippen MR) is 140 cm³/mol. The molecular formula is C27H30N4O2S. The van der Waals surface area contributed by atoms with Gasteiger partial charge in [0.05, 0.1) is 17.7 Å². The number of aromatic nitrogens is 1. The molecule has 0 aliphatic carbocycles. The second-order valence-corrected chi connectivity index (χ2v) is 9.54. The van der Waals surface area contributed by atoms with Gasteiger partial charge in [-0.1, -0.05) is 59.9 Å². The molecule has 0 radical (unpaired) electrons. The van der Waals surface area contributed by atoms with Gasteiger partial charge in [0.2, 0.25) is 5.91 Å². The van der Waals surface area contributed by atoms with Crippen LogP contribution in [0.4, 0.5) is 5.13 Å². The zero-order valence-electron chi connectivity index (χ0n) is 19.5. The van der Waals surface area contributed by atoms with Crippen LogP contribution in [0.15, 0.2) is 60.7 Å². The van der Waals surface area contributed by atoms with Crippen LogP contribution in [0, 0.1) is 0 Å². The van der Waals surface area contributed by atoms with E-state index in [-0.39, 0.29) is 5.91 Å². The van der Waals surface area contributed by atoms with E-state index in [4.69, 9.17) is 9.72 Å². The van der Waals surface area contributed by atoms with Crippen molar-refractivity contribution in [2.75, 3.05) is 50.8 Å². The van der Waals surface area contributed by atoms with E-state index in [1.807, 2.05) is 43.3 Å². The van der Waals surface area contributed by atoms with Crippen LogP contribution in [-0.2, 0) is 11.2 Å². The number of nitrogens with zero attached hydrogens (tertiary/aromatic N) is 3. The normalized spacial score (nSPS) is 14.6. The Kier molecular flexibility index (Phi) is 6.92. The molecule has 7 heteroatoms. The Hall–Kier alpha value is -3.16. The maximum Gasteiger partial charge on any atom is 0.224 e. The lowest BCUT2D eigenvalue weighted by atomic mass is 10.0. The van der Waals surface area contributed by atoms with Crippen LogP contribution in [0.1, 0.15) is 12.5 Å². The number of rotatable bonds is 8. The second kappa shape index (κ2) is 10.4.